The Bertz CT molecular complexity index is 851. The van der Waals surface area contributed by atoms with Crippen LogP contribution in [0.15, 0.2) is 42.5 Å². The maximum atomic E-state index is 12.3. The molecule has 2 aromatic rings. The number of thiocarbonyl (C=S) groups is 1. The summed E-state index contributed by atoms with van der Waals surface area (Å²) < 4.78 is 0. The van der Waals surface area contributed by atoms with Gasteiger partial charge >= 0.3 is 0 Å². The lowest BCUT2D eigenvalue weighted by Crippen LogP contribution is -2.34. The smallest absolute Gasteiger partial charge is 0.257 e. The summed E-state index contributed by atoms with van der Waals surface area (Å²) >= 11 is 11.4. The van der Waals surface area contributed by atoms with E-state index in [1.807, 2.05) is 12.1 Å². The summed E-state index contributed by atoms with van der Waals surface area (Å²) in [4.78, 5) is 23.9. The van der Waals surface area contributed by atoms with Crippen LogP contribution in [-0.4, -0.2) is 16.9 Å². The van der Waals surface area contributed by atoms with Crippen molar-refractivity contribution in [1.29, 1.82) is 0 Å². The number of carbonyl (C=O) groups is 2. The van der Waals surface area contributed by atoms with Crippen LogP contribution in [-0.2, 0) is 4.79 Å². The summed E-state index contributed by atoms with van der Waals surface area (Å²) in [7, 11) is 0. The fourth-order valence-corrected chi connectivity index (χ4v) is 2.66. The summed E-state index contributed by atoms with van der Waals surface area (Å²) in [5, 5.41) is 8.80. The average Bonchev–Trinajstić information content (AvgIpc) is 2.64. The normalized spacial score (nSPS) is 10.4. The van der Waals surface area contributed by atoms with E-state index in [2.05, 4.69) is 29.8 Å². The number of halogens is 1. The molecule has 0 saturated heterocycles. The van der Waals surface area contributed by atoms with Crippen molar-refractivity contribution in [2.75, 3.05) is 10.6 Å². The SMILES string of the molecule is CCC(=O)Nc1ccc(Cl)c(NC(=S)NC(=O)c2ccc(C(C)C)cc2)c1. The molecule has 2 amide bonds. The van der Waals surface area contributed by atoms with E-state index >= 15 is 0 Å². The second kappa shape index (κ2) is 9.48. The summed E-state index contributed by atoms with van der Waals surface area (Å²) in [5.41, 5.74) is 2.75. The van der Waals surface area contributed by atoms with Gasteiger partial charge in [0.25, 0.3) is 5.91 Å². The van der Waals surface area contributed by atoms with Crippen LogP contribution in [0.1, 0.15) is 49.0 Å². The van der Waals surface area contributed by atoms with Crippen molar-refractivity contribution in [3.8, 4) is 0 Å². The molecule has 0 unspecified atom stereocenters. The second-order valence-corrected chi connectivity index (χ2v) is 7.10. The molecule has 3 N–H and O–H groups in total. The minimum absolute atomic E-state index is 0.107. The highest BCUT2D eigenvalue weighted by atomic mass is 35.5. The fraction of sp³-hybridized carbons (Fsp3) is 0.250. The molecule has 0 spiro atoms. The van der Waals surface area contributed by atoms with E-state index in [1.54, 1.807) is 37.3 Å². The number of benzene rings is 2. The van der Waals surface area contributed by atoms with Crippen molar-refractivity contribution >= 4 is 52.1 Å². The fourth-order valence-electron chi connectivity index (χ4n) is 2.30. The lowest BCUT2D eigenvalue weighted by Gasteiger charge is -2.13. The van der Waals surface area contributed by atoms with Gasteiger partial charge in [-0.15, -0.1) is 0 Å². The van der Waals surface area contributed by atoms with Crippen LogP contribution in [0.5, 0.6) is 0 Å². The van der Waals surface area contributed by atoms with Crippen molar-refractivity contribution in [3.05, 3.63) is 58.6 Å². The molecular weight excluding hydrogens is 382 g/mol. The highest BCUT2D eigenvalue weighted by molar-refractivity contribution is 7.80. The molecule has 0 aromatic heterocycles. The molecule has 0 saturated carbocycles. The molecule has 0 aliphatic carbocycles. The van der Waals surface area contributed by atoms with Gasteiger partial charge in [-0.3, -0.25) is 14.9 Å². The van der Waals surface area contributed by atoms with Gasteiger partial charge < -0.3 is 10.6 Å². The van der Waals surface area contributed by atoms with E-state index in [9.17, 15) is 9.59 Å². The van der Waals surface area contributed by atoms with Crippen LogP contribution < -0.4 is 16.0 Å². The predicted octanol–water partition coefficient (Wildman–Crippen LogP) is 4.94. The van der Waals surface area contributed by atoms with E-state index in [-0.39, 0.29) is 16.9 Å². The van der Waals surface area contributed by atoms with Gasteiger partial charge in [-0.25, -0.2) is 0 Å². The molecular formula is C20H22ClN3O2S. The predicted molar refractivity (Wildman–Crippen MR) is 115 cm³/mol. The number of nitrogens with one attached hydrogen (secondary N) is 3. The summed E-state index contributed by atoms with van der Waals surface area (Å²) in [5.74, 6) is -0.0224. The van der Waals surface area contributed by atoms with Crippen LogP contribution in [0.2, 0.25) is 5.02 Å². The Morgan fingerprint density at radius 2 is 1.74 bits per heavy atom. The first kappa shape index (κ1) is 20.9. The largest absolute Gasteiger partial charge is 0.331 e. The lowest BCUT2D eigenvalue weighted by atomic mass is 10.0. The molecule has 0 aliphatic rings. The highest BCUT2D eigenvalue weighted by Gasteiger charge is 2.11. The number of carbonyl (C=O) groups excluding carboxylic acids is 2. The molecule has 27 heavy (non-hydrogen) atoms. The van der Waals surface area contributed by atoms with Crippen molar-refractivity contribution in [2.24, 2.45) is 0 Å². The number of hydrogen-bond acceptors (Lipinski definition) is 3. The zero-order valence-corrected chi connectivity index (χ0v) is 17.0. The lowest BCUT2D eigenvalue weighted by molar-refractivity contribution is -0.115. The molecule has 142 valence electrons. The standard InChI is InChI=1S/C20H22ClN3O2S/c1-4-18(25)22-15-9-10-16(21)17(11-15)23-20(27)24-19(26)14-7-5-13(6-8-14)12(2)3/h5-12H,4H2,1-3H3,(H,22,25)(H2,23,24,26,27). The third-order valence-electron chi connectivity index (χ3n) is 3.89. The van der Waals surface area contributed by atoms with Gasteiger partial charge in [0.05, 0.1) is 10.7 Å². The maximum Gasteiger partial charge on any atom is 0.257 e. The number of hydrogen-bond donors (Lipinski definition) is 3. The van der Waals surface area contributed by atoms with E-state index in [4.69, 9.17) is 23.8 Å². The Labute approximate surface area is 169 Å². The third-order valence-corrected chi connectivity index (χ3v) is 4.42. The molecule has 0 atom stereocenters. The minimum Gasteiger partial charge on any atom is -0.331 e. The van der Waals surface area contributed by atoms with Crippen LogP contribution in [0.4, 0.5) is 11.4 Å². The molecule has 2 aromatic carbocycles. The van der Waals surface area contributed by atoms with Gasteiger partial charge in [-0.05, 0) is 54.0 Å². The van der Waals surface area contributed by atoms with Crippen LogP contribution in [0.3, 0.4) is 0 Å². The van der Waals surface area contributed by atoms with Crippen molar-refractivity contribution < 1.29 is 9.59 Å². The Balaban J connectivity index is 2.03. The molecule has 7 heteroatoms. The van der Waals surface area contributed by atoms with Crippen molar-refractivity contribution in [2.45, 2.75) is 33.1 Å². The summed E-state index contributed by atoms with van der Waals surface area (Å²) in [6.45, 7) is 5.95. The molecule has 0 radical (unpaired) electrons. The first-order valence-corrected chi connectivity index (χ1v) is 9.40. The first-order chi connectivity index (χ1) is 12.8. The molecule has 5 nitrogen and oxygen atoms in total. The Morgan fingerprint density at radius 3 is 2.33 bits per heavy atom. The van der Waals surface area contributed by atoms with Crippen LogP contribution in [0.25, 0.3) is 0 Å². The average molecular weight is 404 g/mol. The van der Waals surface area contributed by atoms with Gasteiger partial charge in [-0.2, -0.15) is 0 Å². The first-order valence-electron chi connectivity index (χ1n) is 8.61. The number of anilines is 2. The summed E-state index contributed by atoms with van der Waals surface area (Å²) in [6, 6.07) is 12.4. The third kappa shape index (κ3) is 6.05. The van der Waals surface area contributed by atoms with Crippen LogP contribution in [0, 0.1) is 0 Å². The Kier molecular flexibility index (Phi) is 7.33. The topological polar surface area (TPSA) is 70.2 Å². The highest BCUT2D eigenvalue weighted by Crippen LogP contribution is 2.25. The Hall–Kier alpha value is -2.44. The zero-order valence-electron chi connectivity index (χ0n) is 15.4. The van der Waals surface area contributed by atoms with Crippen LogP contribution >= 0.6 is 23.8 Å². The summed E-state index contributed by atoms with van der Waals surface area (Å²) in [6.07, 6.45) is 0.370. The molecule has 0 bridgehead atoms. The van der Waals surface area contributed by atoms with Gasteiger partial charge in [0.15, 0.2) is 5.11 Å². The molecule has 2 rings (SSSR count). The maximum absolute atomic E-state index is 12.3. The number of rotatable bonds is 5. The number of amides is 2. The molecule has 0 fully saturated rings. The Morgan fingerprint density at radius 1 is 1.07 bits per heavy atom. The van der Waals surface area contributed by atoms with Crippen molar-refractivity contribution in [3.63, 3.8) is 0 Å². The quantitative estimate of drug-likeness (QED) is 0.618. The minimum atomic E-state index is -0.311. The molecule has 0 heterocycles. The van der Waals surface area contributed by atoms with Gasteiger partial charge in [0.2, 0.25) is 5.91 Å². The van der Waals surface area contributed by atoms with E-state index in [0.717, 1.165) is 5.56 Å². The second-order valence-electron chi connectivity index (χ2n) is 6.28. The zero-order chi connectivity index (χ0) is 20.0. The van der Waals surface area contributed by atoms with Gasteiger partial charge in [0, 0.05) is 17.7 Å². The van der Waals surface area contributed by atoms with Gasteiger partial charge in [-0.1, -0.05) is 44.5 Å². The van der Waals surface area contributed by atoms with E-state index in [1.165, 1.54) is 0 Å². The van der Waals surface area contributed by atoms with E-state index in [0.29, 0.717) is 34.3 Å². The van der Waals surface area contributed by atoms with Gasteiger partial charge in [0.1, 0.15) is 0 Å². The monoisotopic (exact) mass is 403 g/mol. The molecule has 0 aliphatic heterocycles. The van der Waals surface area contributed by atoms with E-state index < -0.39 is 0 Å². The van der Waals surface area contributed by atoms with Crippen molar-refractivity contribution in [1.82, 2.24) is 5.32 Å².